The van der Waals surface area contributed by atoms with E-state index >= 15 is 0 Å². The highest BCUT2D eigenvalue weighted by Gasteiger charge is 2.34. The summed E-state index contributed by atoms with van der Waals surface area (Å²) in [6.45, 7) is 3.66. The van der Waals surface area contributed by atoms with Crippen molar-refractivity contribution in [2.24, 2.45) is 0 Å². The van der Waals surface area contributed by atoms with Gasteiger partial charge in [-0.25, -0.2) is 8.42 Å². The average Bonchev–Trinajstić information content (AvgIpc) is 2.99. The Morgan fingerprint density at radius 2 is 1.59 bits per heavy atom. The van der Waals surface area contributed by atoms with E-state index in [1.54, 1.807) is 61.5 Å². The van der Waals surface area contributed by atoms with Gasteiger partial charge in [-0.2, -0.15) is 0 Å². The fraction of sp³-hybridized carbons (Fsp3) is 0.333. The molecule has 0 bridgehead atoms. The summed E-state index contributed by atoms with van der Waals surface area (Å²) in [6, 6.07) is 18.8. The summed E-state index contributed by atoms with van der Waals surface area (Å²) in [5, 5.41) is 3.30. The van der Waals surface area contributed by atoms with Crippen molar-refractivity contribution in [3.8, 4) is 11.5 Å². The van der Waals surface area contributed by atoms with E-state index in [1.807, 2.05) is 6.92 Å². The van der Waals surface area contributed by atoms with Gasteiger partial charge in [0.05, 0.1) is 24.8 Å². The van der Waals surface area contributed by atoms with E-state index in [0.29, 0.717) is 29.3 Å². The van der Waals surface area contributed by atoms with Gasteiger partial charge in [0.2, 0.25) is 11.8 Å². The van der Waals surface area contributed by atoms with Crippen LogP contribution in [-0.4, -0.2) is 58.5 Å². The summed E-state index contributed by atoms with van der Waals surface area (Å²) in [6.07, 6.45) is 1.05. The zero-order valence-electron chi connectivity index (χ0n) is 23.7. The van der Waals surface area contributed by atoms with Gasteiger partial charge in [-0.15, -0.1) is 0 Å². The van der Waals surface area contributed by atoms with Crippen LogP contribution in [0.15, 0.2) is 77.7 Å². The van der Waals surface area contributed by atoms with E-state index < -0.39 is 28.5 Å². The maximum atomic E-state index is 14.1. The van der Waals surface area contributed by atoms with Crippen LogP contribution in [0.5, 0.6) is 11.5 Å². The standard InChI is InChI=1S/C30H36ClN3O6S/c1-5-18-32-30(36)26(6-2)33(20-22-12-10-11-15-25(22)31)29(35)21-34(23-13-8-7-9-14-23)41(37,38)24-16-17-27(39-3)28(19-24)40-4/h7-17,19,26H,5-6,18,20-21H2,1-4H3,(H,32,36)/t26-/m1/s1. The van der Waals surface area contributed by atoms with E-state index in [-0.39, 0.29) is 28.8 Å². The molecule has 0 saturated heterocycles. The topological polar surface area (TPSA) is 105 Å². The number of hydrogen-bond donors (Lipinski definition) is 1. The quantitative estimate of drug-likeness (QED) is 0.282. The molecule has 41 heavy (non-hydrogen) atoms. The Morgan fingerprint density at radius 1 is 0.927 bits per heavy atom. The van der Waals surface area contributed by atoms with Gasteiger partial charge in [0.25, 0.3) is 10.0 Å². The highest BCUT2D eigenvalue weighted by molar-refractivity contribution is 7.92. The smallest absolute Gasteiger partial charge is 0.264 e. The minimum atomic E-state index is -4.26. The third kappa shape index (κ3) is 7.71. The first-order valence-electron chi connectivity index (χ1n) is 13.3. The minimum Gasteiger partial charge on any atom is -0.493 e. The molecule has 0 heterocycles. The zero-order valence-corrected chi connectivity index (χ0v) is 25.2. The number of ether oxygens (including phenoxy) is 2. The van der Waals surface area contributed by atoms with E-state index in [0.717, 1.165) is 10.7 Å². The highest BCUT2D eigenvalue weighted by Crippen LogP contribution is 2.32. The second kappa shape index (κ2) is 14.7. The largest absolute Gasteiger partial charge is 0.493 e. The van der Waals surface area contributed by atoms with Gasteiger partial charge < -0.3 is 19.7 Å². The number of nitrogens with one attached hydrogen (secondary N) is 1. The Labute approximate surface area is 247 Å². The van der Waals surface area contributed by atoms with E-state index in [9.17, 15) is 18.0 Å². The molecule has 0 saturated carbocycles. The molecule has 3 rings (SSSR count). The second-order valence-corrected chi connectivity index (χ2v) is 11.5. The molecular weight excluding hydrogens is 566 g/mol. The number of benzene rings is 3. The van der Waals surface area contributed by atoms with Crippen LogP contribution in [0.25, 0.3) is 0 Å². The fourth-order valence-corrected chi connectivity index (χ4v) is 5.95. The van der Waals surface area contributed by atoms with Crippen LogP contribution in [-0.2, 0) is 26.2 Å². The van der Waals surface area contributed by atoms with Gasteiger partial charge in [0.1, 0.15) is 12.6 Å². The summed E-state index contributed by atoms with van der Waals surface area (Å²) in [5.41, 5.74) is 0.926. The lowest BCUT2D eigenvalue weighted by Gasteiger charge is -2.33. The van der Waals surface area contributed by atoms with Crippen molar-refractivity contribution in [2.75, 3.05) is 31.6 Å². The molecule has 0 aliphatic heterocycles. The molecule has 0 fully saturated rings. The van der Waals surface area contributed by atoms with E-state index in [4.69, 9.17) is 21.1 Å². The molecule has 9 nitrogen and oxygen atoms in total. The number of sulfonamides is 1. The van der Waals surface area contributed by atoms with Crippen LogP contribution in [0, 0.1) is 0 Å². The van der Waals surface area contributed by atoms with Gasteiger partial charge in [-0.1, -0.05) is 61.8 Å². The van der Waals surface area contributed by atoms with Crippen molar-refractivity contribution in [2.45, 2.75) is 44.2 Å². The SMILES string of the molecule is CCCNC(=O)[C@@H](CC)N(Cc1ccccc1Cl)C(=O)CN(c1ccccc1)S(=O)(=O)c1ccc(OC)c(OC)c1. The molecule has 3 aromatic carbocycles. The minimum absolute atomic E-state index is 0.0234. The maximum Gasteiger partial charge on any atom is 0.264 e. The van der Waals surface area contributed by atoms with Crippen LogP contribution >= 0.6 is 11.6 Å². The number of hydrogen-bond acceptors (Lipinski definition) is 6. The number of carbonyl (C=O) groups excluding carboxylic acids is 2. The molecule has 0 unspecified atom stereocenters. The van der Waals surface area contributed by atoms with Crippen LogP contribution in [0.1, 0.15) is 32.3 Å². The third-order valence-corrected chi connectivity index (χ3v) is 8.64. The first-order valence-corrected chi connectivity index (χ1v) is 15.1. The molecule has 0 spiro atoms. The summed E-state index contributed by atoms with van der Waals surface area (Å²) in [5.74, 6) is -0.282. The number of halogens is 1. The van der Waals surface area contributed by atoms with Gasteiger partial charge >= 0.3 is 0 Å². The number of methoxy groups -OCH3 is 2. The summed E-state index contributed by atoms with van der Waals surface area (Å²) in [4.78, 5) is 28.5. The Kier molecular flexibility index (Phi) is 11.4. The number of carbonyl (C=O) groups is 2. The first-order chi connectivity index (χ1) is 19.7. The second-order valence-electron chi connectivity index (χ2n) is 9.19. The fourth-order valence-electron chi connectivity index (χ4n) is 4.32. The predicted octanol–water partition coefficient (Wildman–Crippen LogP) is 4.89. The van der Waals surface area contributed by atoms with Crippen molar-refractivity contribution >= 4 is 39.1 Å². The normalized spacial score (nSPS) is 11.8. The Bertz CT molecular complexity index is 1440. The first kappa shape index (κ1) is 31.8. The van der Waals surface area contributed by atoms with Gasteiger partial charge in [0, 0.05) is 24.2 Å². The molecular formula is C30H36ClN3O6S. The van der Waals surface area contributed by atoms with Crippen LogP contribution in [0.3, 0.4) is 0 Å². The summed E-state index contributed by atoms with van der Waals surface area (Å²) in [7, 11) is -1.40. The molecule has 0 aromatic heterocycles. The lowest BCUT2D eigenvalue weighted by atomic mass is 10.1. The van der Waals surface area contributed by atoms with Crippen molar-refractivity contribution < 1.29 is 27.5 Å². The Hall–Kier alpha value is -3.76. The lowest BCUT2D eigenvalue weighted by molar-refractivity contribution is -0.140. The molecule has 220 valence electrons. The number of anilines is 1. The van der Waals surface area contributed by atoms with Gasteiger partial charge in [0.15, 0.2) is 11.5 Å². The molecule has 0 aliphatic rings. The number of rotatable bonds is 14. The number of amides is 2. The maximum absolute atomic E-state index is 14.1. The van der Waals surface area contributed by atoms with E-state index in [2.05, 4.69) is 5.32 Å². The molecule has 0 aliphatic carbocycles. The van der Waals surface area contributed by atoms with Crippen molar-refractivity contribution in [1.82, 2.24) is 10.2 Å². The van der Waals surface area contributed by atoms with Gasteiger partial charge in [-0.05, 0) is 48.7 Å². The zero-order chi connectivity index (χ0) is 30.0. The van der Waals surface area contributed by atoms with Crippen molar-refractivity contribution in [1.29, 1.82) is 0 Å². The molecule has 1 N–H and O–H groups in total. The Balaban J connectivity index is 2.07. The summed E-state index contributed by atoms with van der Waals surface area (Å²) >= 11 is 6.42. The van der Waals surface area contributed by atoms with Crippen LogP contribution in [0.4, 0.5) is 5.69 Å². The molecule has 1 atom stereocenters. The molecule has 2 amide bonds. The lowest BCUT2D eigenvalue weighted by Crippen LogP contribution is -2.52. The molecule has 11 heteroatoms. The number of nitrogens with zero attached hydrogens (tertiary/aromatic N) is 2. The van der Waals surface area contributed by atoms with Crippen LogP contribution < -0.4 is 19.1 Å². The van der Waals surface area contributed by atoms with Crippen molar-refractivity contribution in [3.63, 3.8) is 0 Å². The van der Waals surface area contributed by atoms with Crippen LogP contribution in [0.2, 0.25) is 5.02 Å². The van der Waals surface area contributed by atoms with Crippen molar-refractivity contribution in [3.05, 3.63) is 83.4 Å². The predicted molar refractivity (Wildman–Crippen MR) is 160 cm³/mol. The van der Waals surface area contributed by atoms with E-state index in [1.165, 1.54) is 37.3 Å². The molecule has 0 radical (unpaired) electrons. The monoisotopic (exact) mass is 601 g/mol. The number of para-hydroxylation sites is 1. The Morgan fingerprint density at radius 3 is 2.20 bits per heavy atom. The van der Waals surface area contributed by atoms with Gasteiger partial charge in [-0.3, -0.25) is 13.9 Å². The summed E-state index contributed by atoms with van der Waals surface area (Å²) < 4.78 is 39.7. The highest BCUT2D eigenvalue weighted by atomic mass is 35.5. The average molecular weight is 602 g/mol. The third-order valence-electron chi connectivity index (χ3n) is 6.50. The molecule has 3 aromatic rings.